The molecule has 1 aliphatic rings. The van der Waals surface area contributed by atoms with Gasteiger partial charge < -0.3 is 14.1 Å². The number of hydroxylamine groups is 1. The van der Waals surface area contributed by atoms with Crippen LogP contribution in [-0.2, 0) is 16.2 Å². The lowest BCUT2D eigenvalue weighted by atomic mass is 10.0. The molecule has 0 saturated heterocycles. The van der Waals surface area contributed by atoms with E-state index in [1.165, 1.54) is 13.0 Å². The predicted molar refractivity (Wildman–Crippen MR) is 126 cm³/mol. The van der Waals surface area contributed by atoms with Crippen molar-refractivity contribution in [1.29, 1.82) is 0 Å². The van der Waals surface area contributed by atoms with E-state index in [9.17, 15) is 14.4 Å². The van der Waals surface area contributed by atoms with E-state index in [1.54, 1.807) is 36.5 Å². The molecule has 8 nitrogen and oxygen atoms in total. The normalized spacial score (nSPS) is 13.1. The van der Waals surface area contributed by atoms with E-state index in [4.69, 9.17) is 9.57 Å². The number of aryl methyl sites for hydroxylation is 1. The molecule has 0 fully saturated rings. The average molecular weight is 455 g/mol. The van der Waals surface area contributed by atoms with Gasteiger partial charge in [0.25, 0.3) is 0 Å². The molecule has 0 aliphatic carbocycles. The van der Waals surface area contributed by atoms with Crippen LogP contribution in [0.25, 0.3) is 21.8 Å². The Balaban J connectivity index is 1.69. The highest BCUT2D eigenvalue weighted by atomic mass is 16.7. The van der Waals surface area contributed by atoms with Crippen LogP contribution < -0.4 is 10.2 Å². The number of benzene rings is 2. The number of allylic oxidation sites excluding steroid dienone is 1. The van der Waals surface area contributed by atoms with E-state index in [0.717, 1.165) is 21.8 Å². The summed E-state index contributed by atoms with van der Waals surface area (Å²) in [6, 6.07) is 14.3. The summed E-state index contributed by atoms with van der Waals surface area (Å²) in [5.74, 6) is -0.675. The van der Waals surface area contributed by atoms with E-state index in [1.807, 2.05) is 25.1 Å². The van der Waals surface area contributed by atoms with E-state index in [2.05, 4.69) is 15.0 Å². The van der Waals surface area contributed by atoms with Gasteiger partial charge in [-0.15, -0.1) is 0 Å². The first-order chi connectivity index (χ1) is 16.5. The van der Waals surface area contributed by atoms with Crippen LogP contribution in [-0.4, -0.2) is 33.7 Å². The molecule has 170 valence electrons. The highest BCUT2D eigenvalue weighted by Crippen LogP contribution is 2.40. The van der Waals surface area contributed by atoms with Gasteiger partial charge in [-0.2, -0.15) is 0 Å². The van der Waals surface area contributed by atoms with Gasteiger partial charge in [0, 0.05) is 36.1 Å². The van der Waals surface area contributed by atoms with Gasteiger partial charge in [-0.3, -0.25) is 19.4 Å². The number of rotatable bonds is 5. The number of fused-ring (bicyclic) bond motifs is 5. The van der Waals surface area contributed by atoms with Crippen LogP contribution in [0.2, 0.25) is 0 Å². The third kappa shape index (κ3) is 3.49. The molecule has 2 aromatic heterocycles. The summed E-state index contributed by atoms with van der Waals surface area (Å²) in [6.07, 6.45) is 3.12. The van der Waals surface area contributed by atoms with Crippen molar-refractivity contribution in [2.75, 3.05) is 6.61 Å². The lowest BCUT2D eigenvalue weighted by Crippen LogP contribution is -2.23. The summed E-state index contributed by atoms with van der Waals surface area (Å²) in [5, 5.41) is 1.56. The Bertz CT molecular complexity index is 1500. The Kier molecular flexibility index (Phi) is 5.33. The zero-order valence-electron chi connectivity index (χ0n) is 18.6. The molecule has 3 heterocycles. The predicted octanol–water partition coefficient (Wildman–Crippen LogP) is 3.97. The van der Waals surface area contributed by atoms with E-state index >= 15 is 0 Å². The number of hydrogen-bond donors (Lipinski definition) is 1. The number of carbonyl (C=O) groups is 3. The molecule has 1 N–H and O–H groups in total. The molecular formula is C26H21N3O5. The number of ketones is 2. The number of carbonyl (C=O) groups excluding carboxylic acids is 3. The fraction of sp³-hybridized carbons (Fsp3) is 0.154. The first-order valence-corrected chi connectivity index (χ1v) is 10.9. The molecule has 0 amide bonds. The maximum Gasteiger partial charge on any atom is 0.329 e. The van der Waals surface area contributed by atoms with Crippen molar-refractivity contribution in [3.05, 3.63) is 83.3 Å². The molecule has 1 aliphatic heterocycles. The van der Waals surface area contributed by atoms with Gasteiger partial charge in [0.2, 0.25) is 11.6 Å². The number of Topliss-reactive ketones (excluding diaryl/α,β-unsaturated/α-hetero) is 1. The fourth-order valence-corrected chi connectivity index (χ4v) is 4.28. The summed E-state index contributed by atoms with van der Waals surface area (Å²) >= 11 is 0. The van der Waals surface area contributed by atoms with Gasteiger partial charge in [-0.1, -0.05) is 6.07 Å². The number of aromatic nitrogens is 2. The summed E-state index contributed by atoms with van der Waals surface area (Å²) in [7, 11) is 0. The van der Waals surface area contributed by atoms with Crippen LogP contribution in [0.15, 0.2) is 66.5 Å². The minimum Gasteiger partial charge on any atom is -0.488 e. The smallest absolute Gasteiger partial charge is 0.329 e. The minimum atomic E-state index is -0.564. The van der Waals surface area contributed by atoms with Crippen LogP contribution >= 0.6 is 0 Å². The van der Waals surface area contributed by atoms with Crippen molar-refractivity contribution in [1.82, 2.24) is 15.0 Å². The maximum absolute atomic E-state index is 13.2. The van der Waals surface area contributed by atoms with Gasteiger partial charge >= 0.3 is 5.97 Å². The van der Waals surface area contributed by atoms with Crippen molar-refractivity contribution in [3.63, 3.8) is 0 Å². The largest absolute Gasteiger partial charge is 0.488 e. The third-order valence-corrected chi connectivity index (χ3v) is 5.77. The molecule has 8 heteroatoms. The molecule has 4 aromatic rings. The Morgan fingerprint density at radius 1 is 1.15 bits per heavy atom. The quantitative estimate of drug-likeness (QED) is 0.359. The molecule has 0 saturated carbocycles. The Labute approximate surface area is 194 Å². The number of pyridine rings is 1. The third-order valence-electron chi connectivity index (χ3n) is 5.77. The van der Waals surface area contributed by atoms with Crippen LogP contribution in [0.5, 0.6) is 5.75 Å². The molecule has 2 aromatic carbocycles. The lowest BCUT2D eigenvalue weighted by molar-refractivity contribution is -0.146. The Hall–Kier alpha value is -4.46. The second-order valence-corrected chi connectivity index (χ2v) is 7.81. The van der Waals surface area contributed by atoms with Gasteiger partial charge in [0.1, 0.15) is 23.7 Å². The minimum absolute atomic E-state index is 0.104. The zero-order valence-corrected chi connectivity index (χ0v) is 18.6. The summed E-state index contributed by atoms with van der Waals surface area (Å²) in [5.41, 5.74) is 5.55. The molecule has 0 atom stereocenters. The first kappa shape index (κ1) is 21.4. The van der Waals surface area contributed by atoms with Gasteiger partial charge in [-0.05, 0) is 55.5 Å². The van der Waals surface area contributed by atoms with Gasteiger partial charge in [0.05, 0.1) is 16.5 Å². The van der Waals surface area contributed by atoms with Crippen molar-refractivity contribution < 1.29 is 24.0 Å². The first-order valence-electron chi connectivity index (χ1n) is 10.9. The number of ether oxygens (including phenoxy) is 1. The summed E-state index contributed by atoms with van der Waals surface area (Å²) < 4.78 is 8.15. The van der Waals surface area contributed by atoms with Gasteiger partial charge in [-0.25, -0.2) is 5.48 Å². The molecule has 0 unspecified atom stereocenters. The number of hydrogen-bond acceptors (Lipinski definition) is 7. The van der Waals surface area contributed by atoms with Crippen molar-refractivity contribution >= 4 is 39.3 Å². The van der Waals surface area contributed by atoms with E-state index in [0.29, 0.717) is 29.1 Å². The lowest BCUT2D eigenvalue weighted by Gasteiger charge is -2.10. The highest BCUT2D eigenvalue weighted by molar-refractivity contribution is 6.20. The molecular weight excluding hydrogens is 434 g/mol. The van der Waals surface area contributed by atoms with Crippen LogP contribution in [0, 0.1) is 0 Å². The fourth-order valence-electron chi connectivity index (χ4n) is 4.28. The van der Waals surface area contributed by atoms with E-state index in [-0.39, 0.29) is 23.9 Å². The summed E-state index contributed by atoms with van der Waals surface area (Å²) in [6.45, 7) is 4.07. The average Bonchev–Trinajstić information content (AvgIpc) is 3.09. The topological polar surface area (TPSA) is 99.5 Å². The van der Waals surface area contributed by atoms with E-state index < -0.39 is 5.97 Å². The standard InChI is InChI=1S/C26H21N3O5/c1-3-29-21-9-7-16(24(31)19-6-4-5-12-27-19)14-18(21)23-22(29)10-8-17-25(32)20(28-34-15(2)30)11-13-33-26(17)23/h4-12,14,28H,3,13H2,1-2H3. The van der Waals surface area contributed by atoms with Crippen molar-refractivity contribution in [3.8, 4) is 5.75 Å². The molecule has 5 rings (SSSR count). The number of nitrogens with zero attached hydrogens (tertiary/aromatic N) is 2. The van der Waals surface area contributed by atoms with Gasteiger partial charge in [0.15, 0.2) is 0 Å². The molecule has 0 radical (unpaired) electrons. The Morgan fingerprint density at radius 3 is 2.71 bits per heavy atom. The van der Waals surface area contributed by atoms with Crippen molar-refractivity contribution in [2.24, 2.45) is 0 Å². The van der Waals surface area contributed by atoms with Crippen molar-refractivity contribution in [2.45, 2.75) is 20.4 Å². The monoisotopic (exact) mass is 455 g/mol. The second kappa shape index (κ2) is 8.47. The Morgan fingerprint density at radius 2 is 1.97 bits per heavy atom. The van der Waals surface area contributed by atoms with Crippen LogP contribution in [0.4, 0.5) is 0 Å². The molecule has 0 bridgehead atoms. The number of nitrogens with one attached hydrogen (secondary N) is 1. The summed E-state index contributed by atoms with van der Waals surface area (Å²) in [4.78, 5) is 46.4. The van der Waals surface area contributed by atoms with Crippen LogP contribution in [0.3, 0.4) is 0 Å². The second-order valence-electron chi connectivity index (χ2n) is 7.81. The SMILES string of the molecule is CCn1c2ccc(C(=O)c3ccccn3)cc2c2c3c(ccc21)C(=O)C(NOC(C)=O)=CCO3. The molecule has 0 spiro atoms. The van der Waals surface area contributed by atoms with Crippen LogP contribution in [0.1, 0.15) is 40.3 Å². The maximum atomic E-state index is 13.2. The highest BCUT2D eigenvalue weighted by Gasteiger charge is 2.26. The zero-order chi connectivity index (χ0) is 23.8. The molecule has 34 heavy (non-hydrogen) atoms.